The molecule has 0 saturated carbocycles. The molecule has 0 aliphatic heterocycles. The molecule has 0 saturated heterocycles. The molecule has 0 spiro atoms. The molecule has 0 heterocycles. The van der Waals surface area contributed by atoms with E-state index in [0.717, 1.165) is 6.10 Å². The van der Waals surface area contributed by atoms with Crippen LogP contribution in [-0.4, -0.2) is 52.6 Å². The van der Waals surface area contributed by atoms with Crippen LogP contribution in [0, 0.1) is 6.10 Å². The average Bonchev–Trinajstić information content (AvgIpc) is 1.38. The fourth-order valence-electron chi connectivity index (χ4n) is 0. The molecule has 0 rings (SSSR count). The molecule has 0 unspecified atom stereocenters. The third kappa shape index (κ3) is 9.06. The Balaban J connectivity index is -0.0000000800. The minimum absolute atomic E-state index is 0. The standard InChI is InChI=1S/C4H9O.Sr.H/c1-4(2)5-3;;/h1-3H3;;/q-1;+2;-1. The van der Waals surface area contributed by atoms with Crippen molar-refractivity contribution in [3.63, 3.8) is 0 Å². The van der Waals surface area contributed by atoms with Gasteiger partial charge in [0.1, 0.15) is 0 Å². The predicted molar refractivity (Wildman–Crippen MR) is 28.5 cm³/mol. The summed E-state index contributed by atoms with van der Waals surface area (Å²) >= 11 is 0. The zero-order chi connectivity index (χ0) is 4.28. The van der Waals surface area contributed by atoms with Crippen LogP contribution in [0.1, 0.15) is 15.3 Å². The van der Waals surface area contributed by atoms with Gasteiger partial charge in [-0.3, -0.25) is 0 Å². The van der Waals surface area contributed by atoms with Crippen molar-refractivity contribution in [1.82, 2.24) is 0 Å². The van der Waals surface area contributed by atoms with Crippen LogP contribution in [0.25, 0.3) is 0 Å². The molecular formula is C4H10OSr. The summed E-state index contributed by atoms with van der Waals surface area (Å²) in [7, 11) is 1.66. The maximum atomic E-state index is 4.67. The third-order valence-corrected chi connectivity index (χ3v) is 0.408. The second kappa shape index (κ2) is 6.44. The Morgan fingerprint density at radius 2 is 1.67 bits per heavy atom. The molecule has 0 radical (unpaired) electrons. The van der Waals surface area contributed by atoms with E-state index in [4.69, 9.17) is 0 Å². The van der Waals surface area contributed by atoms with Crippen LogP contribution < -0.4 is 0 Å². The van der Waals surface area contributed by atoms with Crippen LogP contribution in [0.4, 0.5) is 0 Å². The Bertz CT molecular complexity index is 25.7. The van der Waals surface area contributed by atoms with E-state index in [0.29, 0.717) is 0 Å². The Hall–Kier alpha value is 1.44. The average molecular weight is 162 g/mol. The predicted octanol–water partition coefficient (Wildman–Crippen LogP) is 0.936. The van der Waals surface area contributed by atoms with Gasteiger partial charge in [-0.1, -0.05) is 0 Å². The normalized spacial score (nSPS) is 8.00. The molecule has 0 aromatic heterocycles. The van der Waals surface area contributed by atoms with E-state index in [1.54, 1.807) is 7.11 Å². The van der Waals surface area contributed by atoms with E-state index >= 15 is 0 Å². The molecule has 0 N–H and O–H groups in total. The summed E-state index contributed by atoms with van der Waals surface area (Å²) in [6.07, 6.45) is 1.00. The Morgan fingerprint density at radius 1 is 1.50 bits per heavy atom. The first kappa shape index (κ1) is 10.4. The van der Waals surface area contributed by atoms with Crippen LogP contribution in [0.5, 0.6) is 0 Å². The van der Waals surface area contributed by atoms with Gasteiger partial charge in [0, 0.05) is 0 Å². The summed E-state index contributed by atoms with van der Waals surface area (Å²) in [6, 6.07) is 0. The van der Waals surface area contributed by atoms with Crippen LogP contribution >= 0.6 is 0 Å². The third-order valence-electron chi connectivity index (χ3n) is 0.408. The van der Waals surface area contributed by atoms with E-state index in [1.807, 2.05) is 13.8 Å². The van der Waals surface area contributed by atoms with Crippen LogP contribution in [0.2, 0.25) is 0 Å². The van der Waals surface area contributed by atoms with Crippen molar-refractivity contribution < 1.29 is 6.16 Å². The number of hydrogen-bond donors (Lipinski definition) is 0. The van der Waals surface area contributed by atoms with Gasteiger partial charge in [-0.25, -0.2) is 6.10 Å². The zero-order valence-corrected chi connectivity index (χ0v) is 8.09. The van der Waals surface area contributed by atoms with Crippen molar-refractivity contribution in [2.45, 2.75) is 13.8 Å². The van der Waals surface area contributed by atoms with Crippen LogP contribution in [-0.2, 0) is 4.74 Å². The van der Waals surface area contributed by atoms with E-state index in [2.05, 4.69) is 4.74 Å². The molecule has 0 fully saturated rings. The monoisotopic (exact) mass is 162 g/mol. The summed E-state index contributed by atoms with van der Waals surface area (Å²) in [5.41, 5.74) is 0. The number of hydrogen-bond acceptors (Lipinski definition) is 1. The van der Waals surface area contributed by atoms with Crippen molar-refractivity contribution in [3.05, 3.63) is 6.10 Å². The van der Waals surface area contributed by atoms with E-state index in [9.17, 15) is 0 Å². The summed E-state index contributed by atoms with van der Waals surface area (Å²) in [5.74, 6) is 0. The SMILES string of the molecule is CO[C-](C)C.[H-].[Sr+2]. The van der Waals surface area contributed by atoms with Gasteiger partial charge in [-0.15, -0.1) is 0 Å². The second-order valence-corrected chi connectivity index (χ2v) is 1.11. The largest absolute Gasteiger partial charge is 2.00 e. The minimum Gasteiger partial charge on any atom is -1.00 e. The van der Waals surface area contributed by atoms with Crippen LogP contribution in [0.3, 0.4) is 0 Å². The smallest absolute Gasteiger partial charge is 1.00 e. The van der Waals surface area contributed by atoms with Gasteiger partial charge in [0.2, 0.25) is 0 Å². The molecule has 0 aromatic rings. The van der Waals surface area contributed by atoms with Crippen molar-refractivity contribution in [2.24, 2.45) is 0 Å². The molecular weight excluding hydrogens is 152 g/mol. The summed E-state index contributed by atoms with van der Waals surface area (Å²) in [6.45, 7) is 3.83. The number of ether oxygens (including phenoxy) is 1. The van der Waals surface area contributed by atoms with Gasteiger partial charge in [-0.05, 0) is 7.11 Å². The maximum absolute atomic E-state index is 4.67. The summed E-state index contributed by atoms with van der Waals surface area (Å²) < 4.78 is 4.67. The van der Waals surface area contributed by atoms with E-state index in [1.165, 1.54) is 0 Å². The molecule has 0 aliphatic carbocycles. The summed E-state index contributed by atoms with van der Waals surface area (Å²) in [4.78, 5) is 0. The Kier molecular flexibility index (Phi) is 11.2. The quantitative estimate of drug-likeness (QED) is 0.411. The topological polar surface area (TPSA) is 9.23 Å². The van der Waals surface area contributed by atoms with E-state index < -0.39 is 0 Å². The van der Waals surface area contributed by atoms with Crippen molar-refractivity contribution in [3.8, 4) is 0 Å². The molecule has 1 nitrogen and oxygen atoms in total. The Morgan fingerprint density at radius 3 is 1.67 bits per heavy atom. The van der Waals surface area contributed by atoms with Gasteiger partial charge in [-0.2, -0.15) is 13.8 Å². The van der Waals surface area contributed by atoms with Crippen LogP contribution in [0.15, 0.2) is 0 Å². The van der Waals surface area contributed by atoms with Crippen molar-refractivity contribution in [1.29, 1.82) is 0 Å². The first-order valence-electron chi connectivity index (χ1n) is 1.61. The fourth-order valence-corrected chi connectivity index (χ4v) is 0. The first-order chi connectivity index (χ1) is 2.27. The molecule has 34 valence electrons. The first-order valence-corrected chi connectivity index (χ1v) is 1.61. The molecule has 2 heteroatoms. The number of methoxy groups -OCH3 is 1. The number of rotatable bonds is 1. The maximum Gasteiger partial charge on any atom is 2.00 e. The van der Waals surface area contributed by atoms with Gasteiger partial charge in [0.05, 0.1) is 0 Å². The summed E-state index contributed by atoms with van der Waals surface area (Å²) in [5, 5.41) is 0. The fraction of sp³-hybridized carbons (Fsp3) is 0.750. The van der Waals surface area contributed by atoms with Gasteiger partial charge in [0.25, 0.3) is 0 Å². The molecule has 0 aromatic carbocycles. The second-order valence-electron chi connectivity index (χ2n) is 1.11. The Labute approximate surface area is 77.8 Å². The van der Waals surface area contributed by atoms with E-state index in [-0.39, 0.29) is 46.9 Å². The van der Waals surface area contributed by atoms with Crippen molar-refractivity contribution >= 4 is 45.5 Å². The van der Waals surface area contributed by atoms with Crippen molar-refractivity contribution in [2.75, 3.05) is 7.11 Å². The molecule has 6 heavy (non-hydrogen) atoms. The zero-order valence-electron chi connectivity index (χ0n) is 5.62. The molecule has 0 bridgehead atoms. The molecule has 0 atom stereocenters. The minimum atomic E-state index is 0. The molecule has 0 amide bonds. The van der Waals surface area contributed by atoms with Gasteiger partial charge in [0.15, 0.2) is 0 Å². The van der Waals surface area contributed by atoms with Gasteiger partial charge >= 0.3 is 45.5 Å². The molecule has 0 aliphatic rings. The van der Waals surface area contributed by atoms with Gasteiger partial charge < -0.3 is 6.16 Å².